The van der Waals surface area contributed by atoms with Crippen molar-refractivity contribution < 1.29 is 0 Å². The largest absolute Gasteiger partial charge is 0.357 e. The average molecular weight is 191 g/mol. The molecule has 0 aromatic carbocycles. The van der Waals surface area contributed by atoms with E-state index in [4.69, 9.17) is 11.0 Å². The minimum absolute atomic E-state index is 0.0431. The second kappa shape index (κ2) is 4.53. The van der Waals surface area contributed by atoms with Gasteiger partial charge in [-0.05, 0) is 6.92 Å². The zero-order chi connectivity index (χ0) is 10.6. The molecule has 0 radical (unpaired) electrons. The lowest BCUT2D eigenvalue weighted by Crippen LogP contribution is -2.33. The summed E-state index contributed by atoms with van der Waals surface area (Å²) in [5.74, 6) is 0.625. The molecule has 0 aliphatic carbocycles. The van der Waals surface area contributed by atoms with Gasteiger partial charge in [0.05, 0.1) is 6.20 Å². The summed E-state index contributed by atoms with van der Waals surface area (Å²) >= 11 is 0. The molecule has 1 rings (SSSR count). The molecule has 0 fully saturated rings. The van der Waals surface area contributed by atoms with Crippen molar-refractivity contribution in [3.8, 4) is 6.07 Å². The van der Waals surface area contributed by atoms with E-state index in [2.05, 4.69) is 9.97 Å². The Morgan fingerprint density at radius 3 is 3.00 bits per heavy atom. The smallest absolute Gasteiger partial charge is 0.149 e. The predicted octanol–water partition coefficient (Wildman–Crippen LogP) is 0.132. The normalized spacial score (nSPS) is 11.9. The maximum absolute atomic E-state index is 8.81. The number of aromatic nitrogens is 2. The van der Waals surface area contributed by atoms with Gasteiger partial charge in [-0.15, -0.1) is 0 Å². The van der Waals surface area contributed by atoms with Crippen LogP contribution in [0.5, 0.6) is 0 Å². The van der Waals surface area contributed by atoms with Crippen LogP contribution in [0.1, 0.15) is 12.5 Å². The van der Waals surface area contributed by atoms with Crippen molar-refractivity contribution in [2.45, 2.75) is 13.0 Å². The fourth-order valence-corrected chi connectivity index (χ4v) is 1.22. The number of rotatable bonds is 3. The van der Waals surface area contributed by atoms with Crippen LogP contribution < -0.4 is 10.6 Å². The summed E-state index contributed by atoms with van der Waals surface area (Å²) in [6, 6.07) is 2.09. The van der Waals surface area contributed by atoms with Gasteiger partial charge in [-0.25, -0.2) is 9.97 Å². The van der Waals surface area contributed by atoms with E-state index >= 15 is 0 Å². The highest BCUT2D eigenvalue weighted by atomic mass is 15.2. The van der Waals surface area contributed by atoms with Crippen LogP contribution in [-0.4, -0.2) is 29.6 Å². The third kappa shape index (κ3) is 2.41. The fourth-order valence-electron chi connectivity index (χ4n) is 1.22. The lowest BCUT2D eigenvalue weighted by molar-refractivity contribution is 0.710. The molecule has 0 aliphatic rings. The Kier molecular flexibility index (Phi) is 3.37. The molecule has 1 heterocycles. The fraction of sp³-hybridized carbons (Fsp3) is 0.444. The molecular formula is C9H13N5. The topological polar surface area (TPSA) is 78.8 Å². The van der Waals surface area contributed by atoms with Crippen molar-refractivity contribution in [1.82, 2.24) is 9.97 Å². The van der Waals surface area contributed by atoms with Crippen LogP contribution in [-0.2, 0) is 0 Å². The molecule has 74 valence electrons. The summed E-state index contributed by atoms with van der Waals surface area (Å²) in [6.07, 6.45) is 2.92. The molecule has 14 heavy (non-hydrogen) atoms. The number of likely N-dealkylation sites (N-methyl/N-ethyl adjacent to an activating group) is 1. The van der Waals surface area contributed by atoms with Gasteiger partial charge in [0.2, 0.25) is 0 Å². The van der Waals surface area contributed by atoms with Gasteiger partial charge in [0.15, 0.2) is 0 Å². The second-order valence-electron chi connectivity index (χ2n) is 3.23. The van der Waals surface area contributed by atoms with Crippen molar-refractivity contribution in [3.05, 3.63) is 18.1 Å². The van der Waals surface area contributed by atoms with Crippen LogP contribution in [0.3, 0.4) is 0 Å². The number of nitrogens with zero attached hydrogens (tertiary/aromatic N) is 4. The number of nitrogens with two attached hydrogens (primary N) is 1. The number of anilines is 1. The Balaban J connectivity index is 2.89. The van der Waals surface area contributed by atoms with Crippen LogP contribution in [0.2, 0.25) is 0 Å². The molecule has 1 atom stereocenters. The summed E-state index contributed by atoms with van der Waals surface area (Å²) in [6.45, 7) is 2.56. The molecular weight excluding hydrogens is 178 g/mol. The minimum Gasteiger partial charge on any atom is -0.357 e. The molecule has 1 unspecified atom stereocenters. The highest BCUT2D eigenvalue weighted by Gasteiger charge is 2.09. The lowest BCUT2D eigenvalue weighted by Gasteiger charge is -2.20. The quantitative estimate of drug-likeness (QED) is 0.734. The monoisotopic (exact) mass is 191 g/mol. The number of hydrogen-bond donors (Lipinski definition) is 1. The van der Waals surface area contributed by atoms with E-state index in [0.29, 0.717) is 17.9 Å². The first-order valence-corrected chi connectivity index (χ1v) is 4.32. The minimum atomic E-state index is 0.0431. The van der Waals surface area contributed by atoms with Crippen molar-refractivity contribution >= 4 is 5.82 Å². The van der Waals surface area contributed by atoms with Crippen LogP contribution in [0, 0.1) is 11.3 Å². The van der Waals surface area contributed by atoms with E-state index in [1.165, 1.54) is 12.5 Å². The zero-order valence-corrected chi connectivity index (χ0v) is 8.31. The molecule has 0 saturated carbocycles. The molecule has 5 nitrogen and oxygen atoms in total. The summed E-state index contributed by atoms with van der Waals surface area (Å²) in [5.41, 5.74) is 6.12. The van der Waals surface area contributed by atoms with E-state index in [9.17, 15) is 0 Å². The summed E-state index contributed by atoms with van der Waals surface area (Å²) in [5, 5.41) is 8.81. The van der Waals surface area contributed by atoms with E-state index < -0.39 is 0 Å². The SMILES string of the molecule is CC(N)CN(C)c1ncncc1C#N. The van der Waals surface area contributed by atoms with E-state index in [1.807, 2.05) is 24.9 Å². The van der Waals surface area contributed by atoms with Gasteiger partial charge < -0.3 is 10.6 Å². The third-order valence-corrected chi connectivity index (χ3v) is 1.74. The average Bonchev–Trinajstić information content (AvgIpc) is 2.16. The van der Waals surface area contributed by atoms with Crippen molar-refractivity contribution in [2.24, 2.45) is 5.73 Å². The first-order chi connectivity index (χ1) is 6.65. The Morgan fingerprint density at radius 2 is 2.43 bits per heavy atom. The zero-order valence-electron chi connectivity index (χ0n) is 8.31. The van der Waals surface area contributed by atoms with Gasteiger partial charge in [-0.2, -0.15) is 5.26 Å². The van der Waals surface area contributed by atoms with Gasteiger partial charge in [-0.1, -0.05) is 0 Å². The Morgan fingerprint density at radius 1 is 1.71 bits per heavy atom. The number of hydrogen-bond acceptors (Lipinski definition) is 5. The Labute approximate surface area is 83.2 Å². The van der Waals surface area contributed by atoms with Crippen LogP contribution in [0.4, 0.5) is 5.82 Å². The molecule has 0 bridgehead atoms. The van der Waals surface area contributed by atoms with Gasteiger partial charge >= 0.3 is 0 Å². The third-order valence-electron chi connectivity index (χ3n) is 1.74. The molecule has 0 aliphatic heterocycles. The first kappa shape index (κ1) is 10.4. The lowest BCUT2D eigenvalue weighted by atomic mass is 10.3. The summed E-state index contributed by atoms with van der Waals surface area (Å²) in [7, 11) is 1.85. The second-order valence-corrected chi connectivity index (χ2v) is 3.23. The van der Waals surface area contributed by atoms with Gasteiger partial charge in [0, 0.05) is 19.6 Å². The van der Waals surface area contributed by atoms with Crippen molar-refractivity contribution in [3.63, 3.8) is 0 Å². The standard InChI is InChI=1S/C9H13N5/c1-7(11)5-14(2)9-8(3-10)4-12-6-13-9/h4,6-7H,5,11H2,1-2H3. The van der Waals surface area contributed by atoms with Crippen LogP contribution >= 0.6 is 0 Å². The van der Waals surface area contributed by atoms with Crippen molar-refractivity contribution in [1.29, 1.82) is 5.26 Å². The summed E-state index contributed by atoms with van der Waals surface area (Å²) < 4.78 is 0. The molecule has 0 spiro atoms. The van der Waals surface area contributed by atoms with Crippen LogP contribution in [0.25, 0.3) is 0 Å². The molecule has 0 amide bonds. The number of nitriles is 1. The molecule has 2 N–H and O–H groups in total. The Hall–Kier alpha value is -1.67. The first-order valence-electron chi connectivity index (χ1n) is 4.32. The maximum atomic E-state index is 8.81. The van der Waals surface area contributed by atoms with E-state index in [-0.39, 0.29) is 6.04 Å². The van der Waals surface area contributed by atoms with E-state index in [0.717, 1.165) is 0 Å². The highest BCUT2D eigenvalue weighted by Crippen LogP contribution is 2.12. The van der Waals surface area contributed by atoms with Crippen molar-refractivity contribution in [2.75, 3.05) is 18.5 Å². The van der Waals surface area contributed by atoms with Gasteiger partial charge in [0.25, 0.3) is 0 Å². The summed E-state index contributed by atoms with van der Waals surface area (Å²) in [4.78, 5) is 9.68. The molecule has 0 saturated heterocycles. The van der Waals surface area contributed by atoms with E-state index in [1.54, 1.807) is 0 Å². The van der Waals surface area contributed by atoms with Gasteiger partial charge in [-0.3, -0.25) is 0 Å². The molecule has 5 heteroatoms. The van der Waals surface area contributed by atoms with Crippen LogP contribution in [0.15, 0.2) is 12.5 Å². The predicted molar refractivity (Wildman–Crippen MR) is 53.7 cm³/mol. The molecule has 1 aromatic heterocycles. The maximum Gasteiger partial charge on any atom is 0.149 e. The Bertz CT molecular complexity index is 341. The molecule has 1 aromatic rings. The van der Waals surface area contributed by atoms with Gasteiger partial charge in [0.1, 0.15) is 23.8 Å². The highest BCUT2D eigenvalue weighted by molar-refractivity contribution is 5.51.